The first kappa shape index (κ1) is 14.5. The van der Waals surface area contributed by atoms with E-state index in [0.717, 1.165) is 32.6 Å². The quantitative estimate of drug-likeness (QED) is 0.830. The van der Waals surface area contributed by atoms with Crippen LogP contribution in [0.2, 0.25) is 5.02 Å². The van der Waals surface area contributed by atoms with Crippen LogP contribution in [0.5, 0.6) is 0 Å². The third-order valence-corrected chi connectivity index (χ3v) is 4.00. The van der Waals surface area contributed by atoms with E-state index in [1.54, 1.807) is 18.2 Å². The van der Waals surface area contributed by atoms with Crippen molar-refractivity contribution in [2.45, 2.75) is 19.4 Å². The van der Waals surface area contributed by atoms with Gasteiger partial charge in [0.15, 0.2) is 0 Å². The Hall–Kier alpha value is -1.43. The highest BCUT2D eigenvalue weighted by Gasteiger charge is 2.14. The molecule has 3 rings (SSSR count). The number of benzene rings is 1. The summed E-state index contributed by atoms with van der Waals surface area (Å²) in [4.78, 5) is 19.2. The lowest BCUT2D eigenvalue weighted by molar-refractivity contribution is 0.184. The van der Waals surface area contributed by atoms with Crippen LogP contribution in [0.15, 0.2) is 23.0 Å². The Bertz CT molecular complexity index is 680. The number of aromatic amines is 1. The molecule has 112 valence electrons. The van der Waals surface area contributed by atoms with Crippen molar-refractivity contribution in [3.63, 3.8) is 0 Å². The molecule has 1 fully saturated rings. The summed E-state index contributed by atoms with van der Waals surface area (Å²) in [6, 6.07) is 5.11. The lowest BCUT2D eigenvalue weighted by Crippen LogP contribution is -2.22. The van der Waals surface area contributed by atoms with Gasteiger partial charge >= 0.3 is 0 Å². The molecule has 1 atom stereocenters. The number of rotatable bonds is 5. The van der Waals surface area contributed by atoms with E-state index in [0.29, 0.717) is 34.2 Å². The summed E-state index contributed by atoms with van der Waals surface area (Å²) in [5.41, 5.74) is 0.505. The van der Waals surface area contributed by atoms with Crippen molar-refractivity contribution in [3.8, 4) is 0 Å². The number of H-pyrrole nitrogens is 1. The Morgan fingerprint density at radius 3 is 3.19 bits per heavy atom. The zero-order valence-electron chi connectivity index (χ0n) is 11.7. The molecule has 0 radical (unpaired) electrons. The van der Waals surface area contributed by atoms with E-state index in [1.807, 2.05) is 0 Å². The summed E-state index contributed by atoms with van der Waals surface area (Å²) in [5, 5.41) is 4.46. The molecule has 1 unspecified atom stereocenters. The van der Waals surface area contributed by atoms with Crippen LogP contribution < -0.4 is 10.9 Å². The third-order valence-electron chi connectivity index (χ3n) is 3.76. The second kappa shape index (κ2) is 6.56. The second-order valence-corrected chi connectivity index (χ2v) is 5.81. The first-order valence-corrected chi connectivity index (χ1v) is 7.57. The molecule has 1 aliphatic heterocycles. The minimum Gasteiger partial charge on any atom is -0.381 e. The van der Waals surface area contributed by atoms with E-state index in [2.05, 4.69) is 15.3 Å². The van der Waals surface area contributed by atoms with Gasteiger partial charge in [0, 0.05) is 18.2 Å². The molecule has 0 aliphatic carbocycles. The molecule has 2 N–H and O–H groups in total. The molecule has 1 saturated heterocycles. The van der Waals surface area contributed by atoms with E-state index in [-0.39, 0.29) is 5.56 Å². The molecule has 0 spiro atoms. The molecule has 1 aromatic heterocycles. The first-order valence-electron chi connectivity index (χ1n) is 7.19. The Morgan fingerprint density at radius 2 is 2.38 bits per heavy atom. The molecule has 6 heteroatoms. The van der Waals surface area contributed by atoms with Gasteiger partial charge in [0.25, 0.3) is 5.56 Å². The zero-order valence-corrected chi connectivity index (χ0v) is 12.4. The summed E-state index contributed by atoms with van der Waals surface area (Å²) in [6.07, 6.45) is 2.23. The lowest BCUT2D eigenvalue weighted by Gasteiger charge is -2.08. The maximum absolute atomic E-state index is 12.0. The first-order chi connectivity index (χ1) is 10.2. The predicted octanol–water partition coefficient (Wildman–Crippen LogP) is 2.09. The molecule has 0 bridgehead atoms. The Morgan fingerprint density at radius 1 is 1.48 bits per heavy atom. The van der Waals surface area contributed by atoms with Gasteiger partial charge in [-0.2, -0.15) is 0 Å². The number of fused-ring (bicyclic) bond motifs is 1. The van der Waals surface area contributed by atoms with Crippen LogP contribution in [-0.4, -0.2) is 29.7 Å². The number of hydrogen-bond acceptors (Lipinski definition) is 4. The van der Waals surface area contributed by atoms with Crippen molar-refractivity contribution in [2.24, 2.45) is 5.92 Å². The van der Waals surface area contributed by atoms with Crippen molar-refractivity contribution in [2.75, 3.05) is 19.8 Å². The summed E-state index contributed by atoms with van der Waals surface area (Å²) >= 11 is 5.94. The van der Waals surface area contributed by atoms with Gasteiger partial charge in [-0.1, -0.05) is 11.6 Å². The van der Waals surface area contributed by atoms with Crippen LogP contribution in [-0.2, 0) is 11.3 Å². The van der Waals surface area contributed by atoms with Crippen molar-refractivity contribution < 1.29 is 4.74 Å². The van der Waals surface area contributed by atoms with Gasteiger partial charge in [0.05, 0.1) is 17.4 Å². The fourth-order valence-corrected chi connectivity index (χ4v) is 2.74. The van der Waals surface area contributed by atoms with E-state index in [9.17, 15) is 4.79 Å². The van der Waals surface area contributed by atoms with Gasteiger partial charge in [-0.3, -0.25) is 4.79 Å². The monoisotopic (exact) mass is 307 g/mol. The van der Waals surface area contributed by atoms with E-state index >= 15 is 0 Å². The van der Waals surface area contributed by atoms with Gasteiger partial charge in [0.1, 0.15) is 5.82 Å². The average Bonchev–Trinajstić information content (AvgIpc) is 2.96. The zero-order chi connectivity index (χ0) is 14.7. The maximum Gasteiger partial charge on any atom is 0.258 e. The average molecular weight is 308 g/mol. The smallest absolute Gasteiger partial charge is 0.258 e. The van der Waals surface area contributed by atoms with Gasteiger partial charge in [-0.05, 0) is 43.5 Å². The van der Waals surface area contributed by atoms with E-state index < -0.39 is 0 Å². The number of nitrogens with one attached hydrogen (secondary N) is 2. The van der Waals surface area contributed by atoms with Crippen LogP contribution in [0.25, 0.3) is 10.9 Å². The molecule has 0 amide bonds. The topological polar surface area (TPSA) is 67.0 Å². The van der Waals surface area contributed by atoms with Gasteiger partial charge in [0.2, 0.25) is 0 Å². The predicted molar refractivity (Wildman–Crippen MR) is 82.6 cm³/mol. The number of ether oxygens (including phenoxy) is 1. The third kappa shape index (κ3) is 3.61. The largest absolute Gasteiger partial charge is 0.381 e. The molecular formula is C15H18ClN3O2. The number of hydrogen-bond donors (Lipinski definition) is 2. The maximum atomic E-state index is 12.0. The molecule has 21 heavy (non-hydrogen) atoms. The highest BCUT2D eigenvalue weighted by Crippen LogP contribution is 2.16. The van der Waals surface area contributed by atoms with Crippen molar-refractivity contribution >= 4 is 22.5 Å². The van der Waals surface area contributed by atoms with Gasteiger partial charge in [-0.25, -0.2) is 4.98 Å². The summed E-state index contributed by atoms with van der Waals surface area (Å²) in [7, 11) is 0. The minimum absolute atomic E-state index is 0.127. The molecular weight excluding hydrogens is 290 g/mol. The van der Waals surface area contributed by atoms with Crippen LogP contribution >= 0.6 is 11.6 Å². The highest BCUT2D eigenvalue weighted by molar-refractivity contribution is 6.31. The molecule has 2 heterocycles. The molecule has 5 nitrogen and oxygen atoms in total. The highest BCUT2D eigenvalue weighted by atomic mass is 35.5. The summed E-state index contributed by atoms with van der Waals surface area (Å²) in [6.45, 7) is 3.19. The molecule has 1 aromatic carbocycles. The van der Waals surface area contributed by atoms with Gasteiger partial charge < -0.3 is 15.0 Å². The minimum atomic E-state index is -0.127. The van der Waals surface area contributed by atoms with Crippen molar-refractivity contribution in [1.29, 1.82) is 0 Å². The lowest BCUT2D eigenvalue weighted by atomic mass is 10.1. The fourth-order valence-electron chi connectivity index (χ4n) is 2.57. The SMILES string of the molecule is O=c1[nH]c(CNCCC2CCOC2)nc2cc(Cl)ccc12. The van der Waals surface area contributed by atoms with Crippen molar-refractivity contribution in [3.05, 3.63) is 39.4 Å². The number of aromatic nitrogens is 2. The van der Waals surface area contributed by atoms with Crippen LogP contribution in [0, 0.1) is 5.92 Å². The van der Waals surface area contributed by atoms with E-state index in [4.69, 9.17) is 16.3 Å². The standard InChI is InChI=1S/C15H18ClN3O2/c16-11-1-2-12-13(7-11)18-14(19-15(12)20)8-17-5-3-10-4-6-21-9-10/h1-2,7,10,17H,3-6,8-9H2,(H,18,19,20). The van der Waals surface area contributed by atoms with Crippen LogP contribution in [0.4, 0.5) is 0 Å². The van der Waals surface area contributed by atoms with Crippen molar-refractivity contribution in [1.82, 2.24) is 15.3 Å². The van der Waals surface area contributed by atoms with Crippen LogP contribution in [0.3, 0.4) is 0 Å². The number of halogens is 1. The Balaban J connectivity index is 1.62. The summed E-state index contributed by atoms with van der Waals surface area (Å²) in [5.74, 6) is 1.29. The molecule has 0 saturated carbocycles. The van der Waals surface area contributed by atoms with E-state index in [1.165, 1.54) is 0 Å². The summed E-state index contributed by atoms with van der Waals surface area (Å²) < 4.78 is 5.35. The normalized spacial score (nSPS) is 18.4. The Labute approximate surface area is 127 Å². The molecule has 1 aliphatic rings. The Kier molecular flexibility index (Phi) is 4.53. The number of nitrogens with zero attached hydrogens (tertiary/aromatic N) is 1. The van der Waals surface area contributed by atoms with Gasteiger partial charge in [-0.15, -0.1) is 0 Å². The fraction of sp³-hybridized carbons (Fsp3) is 0.467. The van der Waals surface area contributed by atoms with Crippen LogP contribution in [0.1, 0.15) is 18.7 Å². The molecule has 2 aromatic rings. The second-order valence-electron chi connectivity index (χ2n) is 5.37.